The molecule has 0 bridgehead atoms. The molecule has 0 rings (SSSR count). The number of thioether (sulfide) groups is 2. The zero-order valence-corrected chi connectivity index (χ0v) is 10.9. The van der Waals surface area contributed by atoms with Gasteiger partial charge in [-0.15, -0.1) is 11.8 Å². The number of hydrogen-bond donors (Lipinski definition) is 0. The summed E-state index contributed by atoms with van der Waals surface area (Å²) in [4.78, 5) is 4.45. The van der Waals surface area contributed by atoms with Crippen LogP contribution in [0.2, 0.25) is 0 Å². The first kappa shape index (κ1) is 13.6. The number of hydrogen-bond acceptors (Lipinski definition) is 4. The third kappa shape index (κ3) is 12.6. The summed E-state index contributed by atoms with van der Waals surface area (Å²) < 4.78 is 0. The van der Waals surface area contributed by atoms with Gasteiger partial charge >= 0.3 is 0 Å². The molecule has 0 spiro atoms. The van der Waals surface area contributed by atoms with Crippen molar-refractivity contribution in [1.82, 2.24) is 9.80 Å². The van der Waals surface area contributed by atoms with Crippen LogP contribution < -0.4 is 0 Å². The van der Waals surface area contributed by atoms with Crippen LogP contribution in [0, 0.1) is 0 Å². The van der Waals surface area contributed by atoms with Crippen LogP contribution in [0.1, 0.15) is 0 Å². The van der Waals surface area contributed by atoms with E-state index >= 15 is 0 Å². The fraction of sp³-hybridized carbons (Fsp3) is 1.00. The van der Waals surface area contributed by atoms with Gasteiger partial charge in [0.05, 0.1) is 0 Å². The molecular formula is C9H22N2S2. The summed E-state index contributed by atoms with van der Waals surface area (Å²) in [5, 5.41) is 0. The summed E-state index contributed by atoms with van der Waals surface area (Å²) in [5.41, 5.74) is 0. The molecule has 4 heteroatoms. The van der Waals surface area contributed by atoms with Gasteiger partial charge in [0.2, 0.25) is 0 Å². The third-order valence-electron chi connectivity index (χ3n) is 1.40. The molecule has 0 aliphatic rings. The summed E-state index contributed by atoms with van der Waals surface area (Å²) in [6.07, 6.45) is 0. The molecule has 0 aliphatic carbocycles. The second-order valence-electron chi connectivity index (χ2n) is 3.53. The van der Waals surface area contributed by atoms with Gasteiger partial charge in [0.1, 0.15) is 0 Å². The van der Waals surface area contributed by atoms with E-state index in [9.17, 15) is 0 Å². The Morgan fingerprint density at radius 1 is 0.769 bits per heavy atom. The Bertz CT molecular complexity index is 95.8. The molecule has 0 heterocycles. The van der Waals surface area contributed by atoms with Crippen LogP contribution in [-0.2, 0) is 0 Å². The van der Waals surface area contributed by atoms with Crippen LogP contribution >= 0.6 is 23.5 Å². The normalized spacial score (nSPS) is 11.5. The van der Waals surface area contributed by atoms with Gasteiger partial charge in [-0.05, 0) is 28.2 Å². The van der Waals surface area contributed by atoms with Crippen molar-refractivity contribution in [3.63, 3.8) is 0 Å². The summed E-state index contributed by atoms with van der Waals surface area (Å²) >= 11 is 4.06. The average Bonchev–Trinajstić information content (AvgIpc) is 2.01. The van der Waals surface area contributed by atoms with Crippen LogP contribution in [0.15, 0.2) is 0 Å². The predicted octanol–water partition coefficient (Wildman–Crippen LogP) is 1.53. The van der Waals surface area contributed by atoms with E-state index in [2.05, 4.69) is 49.8 Å². The molecule has 80 valence electrons. The fourth-order valence-corrected chi connectivity index (χ4v) is 2.85. The van der Waals surface area contributed by atoms with E-state index in [1.807, 2.05) is 11.8 Å². The molecule has 0 atom stereocenters. The van der Waals surface area contributed by atoms with E-state index in [0.717, 1.165) is 5.88 Å². The van der Waals surface area contributed by atoms with Crippen molar-refractivity contribution in [2.45, 2.75) is 0 Å². The fourth-order valence-electron chi connectivity index (χ4n) is 0.714. The topological polar surface area (TPSA) is 6.48 Å². The number of rotatable bonds is 8. The van der Waals surface area contributed by atoms with Gasteiger partial charge in [0.25, 0.3) is 0 Å². The maximum atomic E-state index is 2.24. The average molecular weight is 222 g/mol. The Kier molecular flexibility index (Phi) is 9.62. The highest BCUT2D eigenvalue weighted by molar-refractivity contribution is 8.02. The van der Waals surface area contributed by atoms with Gasteiger partial charge in [-0.1, -0.05) is 0 Å². The van der Waals surface area contributed by atoms with Crippen molar-refractivity contribution in [2.75, 3.05) is 57.9 Å². The standard InChI is InChI=1S/C9H22N2S2/c1-10(2)5-6-12-7-8-13-9-11(3)4/h5-9H2,1-4H3. The highest BCUT2D eigenvalue weighted by Crippen LogP contribution is 2.07. The highest BCUT2D eigenvalue weighted by Gasteiger charge is 1.93. The zero-order chi connectivity index (χ0) is 10.1. The van der Waals surface area contributed by atoms with E-state index < -0.39 is 0 Å². The van der Waals surface area contributed by atoms with Crippen LogP contribution in [0.5, 0.6) is 0 Å². The second kappa shape index (κ2) is 9.19. The lowest BCUT2D eigenvalue weighted by atomic mass is 10.7. The van der Waals surface area contributed by atoms with Crippen LogP contribution in [0.3, 0.4) is 0 Å². The Balaban J connectivity index is 2.92. The van der Waals surface area contributed by atoms with E-state index in [-0.39, 0.29) is 0 Å². The molecule has 0 saturated heterocycles. The summed E-state index contributed by atoms with van der Waals surface area (Å²) in [6.45, 7) is 1.20. The van der Waals surface area contributed by atoms with Crippen molar-refractivity contribution < 1.29 is 0 Å². The zero-order valence-electron chi connectivity index (χ0n) is 9.25. The molecule has 0 N–H and O–H groups in total. The maximum absolute atomic E-state index is 2.24. The molecule has 0 aromatic heterocycles. The Morgan fingerprint density at radius 3 is 1.92 bits per heavy atom. The lowest BCUT2D eigenvalue weighted by molar-refractivity contribution is 0.437. The van der Waals surface area contributed by atoms with Crippen molar-refractivity contribution in [1.29, 1.82) is 0 Å². The number of nitrogens with zero attached hydrogens (tertiary/aromatic N) is 2. The predicted molar refractivity (Wildman–Crippen MR) is 66.9 cm³/mol. The van der Waals surface area contributed by atoms with Gasteiger partial charge in [-0.3, -0.25) is 0 Å². The van der Waals surface area contributed by atoms with Gasteiger partial charge < -0.3 is 9.80 Å². The van der Waals surface area contributed by atoms with Gasteiger partial charge in [0, 0.05) is 29.7 Å². The first-order chi connectivity index (χ1) is 6.13. The van der Waals surface area contributed by atoms with Gasteiger partial charge in [0.15, 0.2) is 0 Å². The molecule has 0 radical (unpaired) electrons. The largest absolute Gasteiger partial charge is 0.309 e. The molecule has 0 saturated carbocycles. The first-order valence-corrected chi connectivity index (χ1v) is 6.89. The van der Waals surface area contributed by atoms with Gasteiger partial charge in [-0.25, -0.2) is 0 Å². The molecule has 0 aromatic rings. The minimum Gasteiger partial charge on any atom is -0.309 e. The lowest BCUT2D eigenvalue weighted by Crippen LogP contribution is -2.15. The van der Waals surface area contributed by atoms with E-state index in [0.29, 0.717) is 0 Å². The second-order valence-corrected chi connectivity index (χ2v) is 5.83. The van der Waals surface area contributed by atoms with Crippen molar-refractivity contribution in [3.05, 3.63) is 0 Å². The maximum Gasteiger partial charge on any atom is 0.0438 e. The molecule has 0 aliphatic heterocycles. The van der Waals surface area contributed by atoms with Crippen LogP contribution in [-0.4, -0.2) is 67.7 Å². The van der Waals surface area contributed by atoms with Crippen LogP contribution in [0.4, 0.5) is 0 Å². The van der Waals surface area contributed by atoms with Crippen molar-refractivity contribution in [3.8, 4) is 0 Å². The molecule has 0 unspecified atom stereocenters. The quantitative estimate of drug-likeness (QED) is 0.454. The smallest absolute Gasteiger partial charge is 0.0438 e. The lowest BCUT2D eigenvalue weighted by Gasteiger charge is -2.10. The Labute approximate surface area is 91.4 Å². The van der Waals surface area contributed by atoms with Crippen molar-refractivity contribution in [2.24, 2.45) is 0 Å². The van der Waals surface area contributed by atoms with E-state index in [1.54, 1.807) is 0 Å². The van der Waals surface area contributed by atoms with Crippen molar-refractivity contribution >= 4 is 23.5 Å². The highest BCUT2D eigenvalue weighted by atomic mass is 32.2. The molecule has 2 nitrogen and oxygen atoms in total. The molecule has 0 aromatic carbocycles. The minimum absolute atomic E-state index is 1.15. The summed E-state index contributed by atoms with van der Waals surface area (Å²) in [7, 11) is 8.49. The Hall–Kier alpha value is 0.620. The Morgan fingerprint density at radius 2 is 1.38 bits per heavy atom. The van der Waals surface area contributed by atoms with E-state index in [4.69, 9.17) is 0 Å². The van der Waals surface area contributed by atoms with E-state index in [1.165, 1.54) is 23.8 Å². The molecular weight excluding hydrogens is 200 g/mol. The van der Waals surface area contributed by atoms with Gasteiger partial charge in [-0.2, -0.15) is 11.8 Å². The minimum atomic E-state index is 1.15. The first-order valence-electron chi connectivity index (χ1n) is 4.58. The molecule has 0 amide bonds. The SMILES string of the molecule is CN(C)CCSCCSCN(C)C. The van der Waals surface area contributed by atoms with Crippen LogP contribution in [0.25, 0.3) is 0 Å². The molecule has 13 heavy (non-hydrogen) atoms. The monoisotopic (exact) mass is 222 g/mol. The summed E-state index contributed by atoms with van der Waals surface area (Å²) in [6, 6.07) is 0. The third-order valence-corrected chi connectivity index (χ3v) is 3.82. The molecule has 0 fully saturated rings. The summed E-state index contributed by atoms with van der Waals surface area (Å²) in [5.74, 6) is 4.96.